The van der Waals surface area contributed by atoms with Gasteiger partial charge in [0.2, 0.25) is 5.91 Å². The number of hydrogen-bond donors (Lipinski definition) is 2. The fraction of sp³-hybridized carbons (Fsp3) is 0.211. The van der Waals surface area contributed by atoms with Gasteiger partial charge in [-0.1, -0.05) is 18.2 Å². The summed E-state index contributed by atoms with van der Waals surface area (Å²) in [4.78, 5) is 28.4. The summed E-state index contributed by atoms with van der Waals surface area (Å²) in [6, 6.07) is 14.7. The Morgan fingerprint density at radius 3 is 2.80 bits per heavy atom. The summed E-state index contributed by atoms with van der Waals surface area (Å²) in [5.74, 6) is -0.255. The van der Waals surface area contributed by atoms with Crippen LogP contribution in [0, 0.1) is 0 Å². The molecule has 0 saturated carbocycles. The highest BCUT2D eigenvalue weighted by atomic mass is 16.2. The zero-order chi connectivity index (χ0) is 17.6. The average Bonchev–Trinajstić information content (AvgIpc) is 3.04. The number of carbonyl (C=O) groups is 2. The maximum Gasteiger partial charge on any atom is 0.251 e. The second kappa shape index (κ2) is 7.61. The van der Waals surface area contributed by atoms with E-state index in [9.17, 15) is 9.59 Å². The first-order valence-corrected chi connectivity index (χ1v) is 8.25. The lowest BCUT2D eigenvalue weighted by Gasteiger charge is -2.08. The van der Waals surface area contributed by atoms with Gasteiger partial charge in [0.05, 0.1) is 17.4 Å². The minimum Gasteiger partial charge on any atom is -0.352 e. The standard InChI is InChI=1S/C19H20N4O2/c1-2-20-19(25)14-6-5-7-15(12-14)22-18(24)10-11-23-13-21-16-8-3-4-9-17(16)23/h3-9,12-13H,2,10-11H2,1H3,(H,20,25)(H,22,24). The molecule has 2 amide bonds. The lowest BCUT2D eigenvalue weighted by Crippen LogP contribution is -2.22. The molecule has 0 radical (unpaired) electrons. The monoisotopic (exact) mass is 336 g/mol. The number of fused-ring (bicyclic) bond motifs is 1. The van der Waals surface area contributed by atoms with Gasteiger partial charge in [-0.25, -0.2) is 4.98 Å². The maximum absolute atomic E-state index is 12.2. The highest BCUT2D eigenvalue weighted by molar-refractivity contribution is 5.97. The van der Waals surface area contributed by atoms with Gasteiger partial charge in [0.15, 0.2) is 0 Å². The molecule has 0 saturated heterocycles. The van der Waals surface area contributed by atoms with E-state index < -0.39 is 0 Å². The van der Waals surface area contributed by atoms with Gasteiger partial charge in [0, 0.05) is 30.8 Å². The molecule has 2 N–H and O–H groups in total. The normalized spacial score (nSPS) is 10.6. The van der Waals surface area contributed by atoms with Crippen LogP contribution in [0.4, 0.5) is 5.69 Å². The Morgan fingerprint density at radius 1 is 1.12 bits per heavy atom. The van der Waals surface area contributed by atoms with E-state index in [1.807, 2.05) is 35.8 Å². The van der Waals surface area contributed by atoms with Crippen LogP contribution in [0.3, 0.4) is 0 Å². The van der Waals surface area contributed by atoms with Crippen molar-refractivity contribution in [1.29, 1.82) is 0 Å². The first-order chi connectivity index (χ1) is 12.2. The Hall–Kier alpha value is -3.15. The van der Waals surface area contributed by atoms with Crippen molar-refractivity contribution in [2.75, 3.05) is 11.9 Å². The third-order valence-electron chi connectivity index (χ3n) is 3.85. The number of benzene rings is 2. The van der Waals surface area contributed by atoms with Gasteiger partial charge in [-0.2, -0.15) is 0 Å². The summed E-state index contributed by atoms with van der Waals surface area (Å²) in [5.41, 5.74) is 3.07. The number of imidazole rings is 1. The molecular weight excluding hydrogens is 316 g/mol. The molecule has 3 aromatic rings. The zero-order valence-electron chi connectivity index (χ0n) is 14.0. The Morgan fingerprint density at radius 2 is 1.96 bits per heavy atom. The van der Waals surface area contributed by atoms with E-state index >= 15 is 0 Å². The van der Waals surface area contributed by atoms with E-state index in [4.69, 9.17) is 0 Å². The van der Waals surface area contributed by atoms with E-state index in [0.717, 1.165) is 11.0 Å². The van der Waals surface area contributed by atoms with Gasteiger partial charge in [-0.15, -0.1) is 0 Å². The van der Waals surface area contributed by atoms with E-state index in [1.165, 1.54) is 0 Å². The van der Waals surface area contributed by atoms with Crippen LogP contribution in [0.25, 0.3) is 11.0 Å². The van der Waals surface area contributed by atoms with Gasteiger partial charge in [0.1, 0.15) is 0 Å². The van der Waals surface area contributed by atoms with E-state index in [1.54, 1.807) is 30.6 Å². The molecule has 6 nitrogen and oxygen atoms in total. The van der Waals surface area contributed by atoms with Crippen LogP contribution in [0.2, 0.25) is 0 Å². The molecule has 0 bridgehead atoms. The maximum atomic E-state index is 12.2. The molecule has 2 aromatic carbocycles. The number of amides is 2. The van der Waals surface area contributed by atoms with Crippen LogP contribution < -0.4 is 10.6 Å². The molecule has 128 valence electrons. The fourth-order valence-corrected chi connectivity index (χ4v) is 2.63. The molecule has 1 heterocycles. The Balaban J connectivity index is 1.61. The van der Waals surface area contributed by atoms with E-state index in [-0.39, 0.29) is 11.8 Å². The highest BCUT2D eigenvalue weighted by Gasteiger charge is 2.08. The van der Waals surface area contributed by atoms with Crippen molar-refractivity contribution >= 4 is 28.5 Å². The number of aromatic nitrogens is 2. The second-order valence-corrected chi connectivity index (χ2v) is 5.67. The van der Waals surface area contributed by atoms with Crippen LogP contribution in [-0.4, -0.2) is 27.9 Å². The van der Waals surface area contributed by atoms with Crippen molar-refractivity contribution in [3.05, 3.63) is 60.4 Å². The predicted molar refractivity (Wildman–Crippen MR) is 97.4 cm³/mol. The average molecular weight is 336 g/mol. The number of rotatable bonds is 6. The van der Waals surface area contributed by atoms with E-state index in [0.29, 0.717) is 30.8 Å². The first-order valence-electron chi connectivity index (χ1n) is 8.25. The number of nitrogens with zero attached hydrogens (tertiary/aromatic N) is 2. The van der Waals surface area contributed by atoms with Gasteiger partial charge < -0.3 is 15.2 Å². The van der Waals surface area contributed by atoms with Crippen molar-refractivity contribution in [3.8, 4) is 0 Å². The molecule has 6 heteroatoms. The number of para-hydroxylation sites is 2. The number of carbonyl (C=O) groups excluding carboxylic acids is 2. The van der Waals surface area contributed by atoms with Crippen LogP contribution >= 0.6 is 0 Å². The minimum absolute atomic E-state index is 0.106. The summed E-state index contributed by atoms with van der Waals surface area (Å²) < 4.78 is 1.96. The van der Waals surface area contributed by atoms with Gasteiger partial charge in [0.25, 0.3) is 5.91 Å². The lowest BCUT2D eigenvalue weighted by molar-refractivity contribution is -0.116. The summed E-state index contributed by atoms with van der Waals surface area (Å²) in [5, 5.41) is 5.58. The molecule has 3 rings (SSSR count). The van der Waals surface area contributed by atoms with Crippen molar-refractivity contribution in [3.63, 3.8) is 0 Å². The van der Waals surface area contributed by atoms with Crippen molar-refractivity contribution < 1.29 is 9.59 Å². The molecule has 25 heavy (non-hydrogen) atoms. The van der Waals surface area contributed by atoms with E-state index in [2.05, 4.69) is 15.6 Å². The first kappa shape index (κ1) is 16.7. The molecule has 0 spiro atoms. The molecule has 0 unspecified atom stereocenters. The summed E-state index contributed by atoms with van der Waals surface area (Å²) in [6.45, 7) is 2.97. The van der Waals surface area contributed by atoms with Gasteiger partial charge in [-0.3, -0.25) is 9.59 Å². The minimum atomic E-state index is -0.150. The quantitative estimate of drug-likeness (QED) is 0.727. The van der Waals surface area contributed by atoms with Gasteiger partial charge in [-0.05, 0) is 37.3 Å². The zero-order valence-corrected chi connectivity index (χ0v) is 14.0. The molecule has 1 aromatic heterocycles. The van der Waals surface area contributed by atoms with Crippen LogP contribution in [0.15, 0.2) is 54.9 Å². The molecule has 0 aliphatic rings. The third kappa shape index (κ3) is 4.03. The van der Waals surface area contributed by atoms with Crippen molar-refractivity contribution in [2.45, 2.75) is 19.9 Å². The molecule has 0 atom stereocenters. The Kier molecular flexibility index (Phi) is 5.09. The highest BCUT2D eigenvalue weighted by Crippen LogP contribution is 2.14. The van der Waals surface area contributed by atoms with Crippen LogP contribution in [-0.2, 0) is 11.3 Å². The van der Waals surface area contributed by atoms with Crippen molar-refractivity contribution in [1.82, 2.24) is 14.9 Å². The summed E-state index contributed by atoms with van der Waals surface area (Å²) in [7, 11) is 0. The fourth-order valence-electron chi connectivity index (χ4n) is 2.63. The van der Waals surface area contributed by atoms with Crippen molar-refractivity contribution in [2.24, 2.45) is 0 Å². The SMILES string of the molecule is CCNC(=O)c1cccc(NC(=O)CCn2cnc3ccccc32)c1. The molecular formula is C19H20N4O2. The molecule has 0 aliphatic carbocycles. The lowest BCUT2D eigenvalue weighted by atomic mass is 10.2. The number of hydrogen-bond acceptors (Lipinski definition) is 3. The summed E-state index contributed by atoms with van der Waals surface area (Å²) >= 11 is 0. The smallest absolute Gasteiger partial charge is 0.251 e. The van der Waals surface area contributed by atoms with Gasteiger partial charge >= 0.3 is 0 Å². The van der Waals surface area contributed by atoms with Crippen LogP contribution in [0.1, 0.15) is 23.7 Å². The molecule has 0 fully saturated rings. The third-order valence-corrected chi connectivity index (χ3v) is 3.85. The molecule has 0 aliphatic heterocycles. The topological polar surface area (TPSA) is 76.0 Å². The number of nitrogens with one attached hydrogen (secondary N) is 2. The summed E-state index contributed by atoms with van der Waals surface area (Å²) in [6.07, 6.45) is 2.07. The second-order valence-electron chi connectivity index (χ2n) is 5.67. The van der Waals surface area contributed by atoms with Crippen LogP contribution in [0.5, 0.6) is 0 Å². The number of aryl methyl sites for hydroxylation is 1. The largest absolute Gasteiger partial charge is 0.352 e. The Bertz CT molecular complexity index is 901. The number of anilines is 1. The Labute approximate surface area is 145 Å². The predicted octanol–water partition coefficient (Wildman–Crippen LogP) is 2.81.